The molecule has 2 rings (SSSR count). The number of rotatable bonds is 3. The molecule has 102 valence electrons. The Morgan fingerprint density at radius 1 is 1.10 bits per heavy atom. The van der Waals surface area contributed by atoms with Gasteiger partial charge in [0.2, 0.25) is 0 Å². The summed E-state index contributed by atoms with van der Waals surface area (Å²) in [5.74, 6) is -1.43. The van der Waals surface area contributed by atoms with Gasteiger partial charge in [-0.25, -0.2) is 4.79 Å². The van der Waals surface area contributed by atoms with Crippen LogP contribution in [0.2, 0.25) is 0 Å². The first-order chi connectivity index (χ1) is 9.49. The lowest BCUT2D eigenvalue weighted by atomic mass is 10.1. The summed E-state index contributed by atoms with van der Waals surface area (Å²) in [6.07, 6.45) is 0. The van der Waals surface area contributed by atoms with Gasteiger partial charge in [0.25, 0.3) is 5.91 Å². The summed E-state index contributed by atoms with van der Waals surface area (Å²) in [7, 11) is 0. The van der Waals surface area contributed by atoms with E-state index in [0.29, 0.717) is 10.0 Å². The largest absolute Gasteiger partial charge is 0.478 e. The lowest BCUT2D eigenvalue weighted by Gasteiger charge is -2.10. The summed E-state index contributed by atoms with van der Waals surface area (Å²) >= 11 is 3.31. The lowest BCUT2D eigenvalue weighted by molar-refractivity contribution is 0.0698. The number of hydrogen-bond acceptors (Lipinski definition) is 2. The Balaban J connectivity index is 2.33. The van der Waals surface area contributed by atoms with Gasteiger partial charge in [-0.15, -0.1) is 0 Å². The number of anilines is 1. The smallest absolute Gasteiger partial charge is 0.337 e. The Kier molecular flexibility index (Phi) is 4.20. The van der Waals surface area contributed by atoms with Crippen LogP contribution in [0.3, 0.4) is 0 Å². The van der Waals surface area contributed by atoms with Crippen LogP contribution in [0.1, 0.15) is 26.3 Å². The van der Waals surface area contributed by atoms with E-state index in [1.54, 1.807) is 30.3 Å². The molecule has 2 N–H and O–H groups in total. The van der Waals surface area contributed by atoms with Crippen LogP contribution in [0.4, 0.5) is 5.69 Å². The van der Waals surface area contributed by atoms with E-state index < -0.39 is 5.97 Å². The average Bonchev–Trinajstić information content (AvgIpc) is 2.41. The van der Waals surface area contributed by atoms with E-state index in [0.717, 1.165) is 5.56 Å². The molecule has 0 atom stereocenters. The number of halogens is 1. The van der Waals surface area contributed by atoms with Crippen LogP contribution in [0.15, 0.2) is 46.9 Å². The van der Waals surface area contributed by atoms with Gasteiger partial charge in [0, 0.05) is 4.47 Å². The zero-order valence-corrected chi connectivity index (χ0v) is 12.3. The zero-order chi connectivity index (χ0) is 14.7. The first-order valence-electron chi connectivity index (χ1n) is 5.89. The Labute approximate surface area is 124 Å². The van der Waals surface area contributed by atoms with Crippen molar-refractivity contribution in [3.05, 3.63) is 63.6 Å². The fourth-order valence-corrected chi connectivity index (χ4v) is 2.21. The van der Waals surface area contributed by atoms with Crippen molar-refractivity contribution in [2.24, 2.45) is 0 Å². The molecule has 0 aliphatic heterocycles. The number of carbonyl (C=O) groups is 2. The van der Waals surface area contributed by atoms with Gasteiger partial charge >= 0.3 is 5.97 Å². The Bertz CT molecular complexity index is 683. The maximum absolute atomic E-state index is 12.2. The Morgan fingerprint density at radius 2 is 1.80 bits per heavy atom. The molecule has 2 aromatic carbocycles. The first kappa shape index (κ1) is 14.3. The number of carboxylic acids is 1. The highest BCUT2D eigenvalue weighted by atomic mass is 79.9. The summed E-state index contributed by atoms with van der Waals surface area (Å²) in [6, 6.07) is 11.7. The summed E-state index contributed by atoms with van der Waals surface area (Å²) in [5.41, 5.74) is 1.75. The van der Waals surface area contributed by atoms with E-state index in [1.807, 2.05) is 13.0 Å². The highest BCUT2D eigenvalue weighted by molar-refractivity contribution is 9.10. The maximum atomic E-state index is 12.2. The molecule has 0 fully saturated rings. The van der Waals surface area contributed by atoms with Crippen molar-refractivity contribution in [2.45, 2.75) is 6.92 Å². The number of carboxylic acid groups (broad SMARTS) is 1. The number of amides is 1. The standard InChI is InChI=1S/C15H12BrNO3/c1-9-6-7-12(16)11(8-9)14(18)17-13-5-3-2-4-10(13)15(19)20/h2-8H,1H3,(H,17,18)(H,19,20). The number of benzene rings is 2. The van der Waals surface area contributed by atoms with Crippen LogP contribution in [0.25, 0.3) is 0 Å². The molecule has 0 aromatic heterocycles. The van der Waals surface area contributed by atoms with Gasteiger partial charge in [-0.2, -0.15) is 0 Å². The number of carbonyl (C=O) groups excluding carboxylic acids is 1. The van der Waals surface area contributed by atoms with Gasteiger partial charge in [-0.3, -0.25) is 4.79 Å². The van der Waals surface area contributed by atoms with Crippen LogP contribution < -0.4 is 5.32 Å². The van der Waals surface area contributed by atoms with Crippen LogP contribution in [0, 0.1) is 6.92 Å². The van der Waals surface area contributed by atoms with Crippen molar-refractivity contribution in [2.75, 3.05) is 5.32 Å². The molecule has 0 bridgehead atoms. The molecule has 0 aliphatic carbocycles. The van der Waals surface area contributed by atoms with Crippen molar-refractivity contribution in [1.29, 1.82) is 0 Å². The molecule has 0 saturated heterocycles. The lowest BCUT2D eigenvalue weighted by Crippen LogP contribution is -2.15. The quantitative estimate of drug-likeness (QED) is 0.899. The summed E-state index contributed by atoms with van der Waals surface area (Å²) in [4.78, 5) is 23.3. The van der Waals surface area contributed by atoms with E-state index in [-0.39, 0.29) is 17.2 Å². The third-order valence-corrected chi connectivity index (χ3v) is 3.46. The average molecular weight is 334 g/mol. The molecule has 0 aliphatic rings. The first-order valence-corrected chi connectivity index (χ1v) is 6.68. The third kappa shape index (κ3) is 3.05. The molecule has 0 unspecified atom stereocenters. The number of hydrogen-bond donors (Lipinski definition) is 2. The maximum Gasteiger partial charge on any atom is 0.337 e. The van der Waals surface area contributed by atoms with Crippen LogP contribution in [0.5, 0.6) is 0 Å². The molecule has 4 nitrogen and oxygen atoms in total. The summed E-state index contributed by atoms with van der Waals surface area (Å²) in [5, 5.41) is 11.7. The molecule has 0 spiro atoms. The second-order valence-electron chi connectivity index (χ2n) is 4.29. The number of nitrogens with one attached hydrogen (secondary N) is 1. The molecule has 0 radical (unpaired) electrons. The molecule has 1 amide bonds. The van der Waals surface area contributed by atoms with Crippen molar-refractivity contribution >= 4 is 33.5 Å². The van der Waals surface area contributed by atoms with Crippen LogP contribution >= 0.6 is 15.9 Å². The van der Waals surface area contributed by atoms with E-state index >= 15 is 0 Å². The molecule has 20 heavy (non-hydrogen) atoms. The minimum absolute atomic E-state index is 0.0598. The highest BCUT2D eigenvalue weighted by Crippen LogP contribution is 2.21. The minimum Gasteiger partial charge on any atom is -0.478 e. The Hall–Kier alpha value is -2.14. The van der Waals surface area contributed by atoms with E-state index in [9.17, 15) is 9.59 Å². The fourth-order valence-electron chi connectivity index (χ4n) is 1.78. The zero-order valence-electron chi connectivity index (χ0n) is 10.7. The van der Waals surface area contributed by atoms with Crippen molar-refractivity contribution < 1.29 is 14.7 Å². The van der Waals surface area contributed by atoms with E-state index in [1.165, 1.54) is 6.07 Å². The summed E-state index contributed by atoms with van der Waals surface area (Å²) in [6.45, 7) is 1.88. The topological polar surface area (TPSA) is 66.4 Å². The number of aryl methyl sites for hydroxylation is 1. The normalized spacial score (nSPS) is 10.1. The van der Waals surface area contributed by atoms with Gasteiger partial charge in [0.1, 0.15) is 0 Å². The van der Waals surface area contributed by atoms with Crippen molar-refractivity contribution in [3.8, 4) is 0 Å². The van der Waals surface area contributed by atoms with Crippen LogP contribution in [-0.4, -0.2) is 17.0 Å². The fraction of sp³-hybridized carbons (Fsp3) is 0.0667. The molecule has 5 heteroatoms. The SMILES string of the molecule is Cc1ccc(Br)c(C(=O)Nc2ccccc2C(=O)O)c1. The number of para-hydroxylation sites is 1. The van der Waals surface area contributed by atoms with Crippen LogP contribution in [-0.2, 0) is 0 Å². The van der Waals surface area contributed by atoms with Crippen molar-refractivity contribution in [3.63, 3.8) is 0 Å². The van der Waals surface area contributed by atoms with Gasteiger partial charge in [-0.05, 0) is 47.1 Å². The number of aromatic carboxylic acids is 1. The summed E-state index contributed by atoms with van der Waals surface area (Å²) < 4.78 is 0.661. The van der Waals surface area contributed by atoms with Crippen molar-refractivity contribution in [1.82, 2.24) is 0 Å². The molecule has 0 saturated carbocycles. The predicted molar refractivity (Wildman–Crippen MR) is 80.2 cm³/mol. The molecular weight excluding hydrogens is 322 g/mol. The minimum atomic E-state index is -1.08. The van der Waals surface area contributed by atoms with Gasteiger partial charge in [-0.1, -0.05) is 23.8 Å². The molecule has 0 heterocycles. The Morgan fingerprint density at radius 3 is 2.50 bits per heavy atom. The van der Waals surface area contributed by atoms with Gasteiger partial charge in [0.15, 0.2) is 0 Å². The third-order valence-electron chi connectivity index (χ3n) is 2.77. The highest BCUT2D eigenvalue weighted by Gasteiger charge is 2.14. The molecular formula is C15H12BrNO3. The molecule has 2 aromatic rings. The second-order valence-corrected chi connectivity index (χ2v) is 5.14. The monoisotopic (exact) mass is 333 g/mol. The second kappa shape index (κ2) is 5.88. The van der Waals surface area contributed by atoms with E-state index in [4.69, 9.17) is 5.11 Å². The van der Waals surface area contributed by atoms with Gasteiger partial charge < -0.3 is 10.4 Å². The van der Waals surface area contributed by atoms with Gasteiger partial charge in [0.05, 0.1) is 16.8 Å². The predicted octanol–water partition coefficient (Wildman–Crippen LogP) is 3.71. The van der Waals surface area contributed by atoms with E-state index in [2.05, 4.69) is 21.2 Å².